The van der Waals surface area contributed by atoms with E-state index in [1.54, 1.807) is 0 Å². The van der Waals surface area contributed by atoms with E-state index < -0.39 is 0 Å². The molecule has 0 aromatic rings. The zero-order chi connectivity index (χ0) is 11.1. The van der Waals surface area contributed by atoms with Crippen LogP contribution in [0.4, 0.5) is 0 Å². The monoisotopic (exact) mass is 211 g/mol. The van der Waals surface area contributed by atoms with Gasteiger partial charge in [0, 0.05) is 6.04 Å². The smallest absolute Gasteiger partial charge is 0.00672 e. The predicted octanol–water partition coefficient (Wildman–Crippen LogP) is 3.98. The molecule has 1 heteroatoms. The maximum absolute atomic E-state index is 3.72. The van der Waals surface area contributed by atoms with Crippen LogP contribution in [0.5, 0.6) is 0 Å². The summed E-state index contributed by atoms with van der Waals surface area (Å²) in [5.74, 6) is 1.88. The Kier molecular flexibility index (Phi) is 6.31. The summed E-state index contributed by atoms with van der Waals surface area (Å²) in [5, 5.41) is 3.72. The van der Waals surface area contributed by atoms with Gasteiger partial charge in [0.1, 0.15) is 0 Å². The summed E-state index contributed by atoms with van der Waals surface area (Å²) in [7, 11) is 0. The number of rotatable bonds is 6. The predicted molar refractivity (Wildman–Crippen MR) is 68.1 cm³/mol. The molecule has 1 rings (SSSR count). The number of nitrogens with one attached hydrogen (secondary N) is 1. The van der Waals surface area contributed by atoms with Gasteiger partial charge in [-0.15, -0.1) is 0 Å². The van der Waals surface area contributed by atoms with Crippen LogP contribution in [0.3, 0.4) is 0 Å². The Hall–Kier alpha value is -0.0400. The van der Waals surface area contributed by atoms with E-state index in [0.717, 1.165) is 17.9 Å². The normalized spacial score (nSPS) is 27.2. The molecule has 1 nitrogen and oxygen atoms in total. The van der Waals surface area contributed by atoms with E-state index in [4.69, 9.17) is 0 Å². The minimum absolute atomic E-state index is 0.830. The van der Waals surface area contributed by atoms with E-state index in [1.807, 2.05) is 0 Å². The van der Waals surface area contributed by atoms with Crippen molar-refractivity contribution in [1.82, 2.24) is 5.32 Å². The molecule has 0 aliphatic heterocycles. The van der Waals surface area contributed by atoms with Gasteiger partial charge in [0.25, 0.3) is 0 Å². The van der Waals surface area contributed by atoms with Gasteiger partial charge in [-0.05, 0) is 50.5 Å². The fourth-order valence-corrected chi connectivity index (χ4v) is 2.64. The average Bonchev–Trinajstić information content (AvgIpc) is 2.20. The lowest BCUT2D eigenvalue weighted by molar-refractivity contribution is 0.276. The van der Waals surface area contributed by atoms with Crippen molar-refractivity contribution in [3.63, 3.8) is 0 Å². The highest BCUT2D eigenvalue weighted by Gasteiger charge is 2.19. The Balaban J connectivity index is 2.04. The zero-order valence-electron chi connectivity index (χ0n) is 10.9. The highest BCUT2D eigenvalue weighted by Crippen LogP contribution is 2.27. The van der Waals surface area contributed by atoms with Crippen molar-refractivity contribution in [1.29, 1.82) is 0 Å². The molecule has 0 saturated heterocycles. The molecule has 0 atom stereocenters. The number of hydrogen-bond acceptors (Lipinski definition) is 1. The molecule has 1 N–H and O–H groups in total. The fraction of sp³-hybridized carbons (Fsp3) is 1.00. The van der Waals surface area contributed by atoms with Crippen LogP contribution in [0.2, 0.25) is 0 Å². The van der Waals surface area contributed by atoms with Gasteiger partial charge >= 0.3 is 0 Å². The van der Waals surface area contributed by atoms with Crippen molar-refractivity contribution < 1.29 is 0 Å². The molecule has 0 spiro atoms. The lowest BCUT2D eigenvalue weighted by Gasteiger charge is -2.29. The second kappa shape index (κ2) is 7.27. The Labute approximate surface area is 96.0 Å². The Bertz CT molecular complexity index is 145. The molecular formula is C14H29N. The first-order valence-corrected chi connectivity index (χ1v) is 6.95. The van der Waals surface area contributed by atoms with E-state index in [2.05, 4.69) is 26.1 Å². The molecule has 0 unspecified atom stereocenters. The van der Waals surface area contributed by atoms with Crippen LogP contribution >= 0.6 is 0 Å². The lowest BCUT2D eigenvalue weighted by Crippen LogP contribution is -2.34. The van der Waals surface area contributed by atoms with Crippen molar-refractivity contribution in [2.75, 3.05) is 6.54 Å². The third-order valence-corrected chi connectivity index (χ3v) is 3.70. The summed E-state index contributed by atoms with van der Waals surface area (Å²) in [6.07, 6.45) is 9.93. The highest BCUT2D eigenvalue weighted by molar-refractivity contribution is 4.76. The van der Waals surface area contributed by atoms with Crippen LogP contribution in [0.25, 0.3) is 0 Å². The van der Waals surface area contributed by atoms with Gasteiger partial charge in [-0.2, -0.15) is 0 Å². The number of hydrogen-bond donors (Lipinski definition) is 1. The first-order valence-electron chi connectivity index (χ1n) is 6.95. The summed E-state index contributed by atoms with van der Waals surface area (Å²) in [6, 6.07) is 0.830. The second-order valence-electron chi connectivity index (χ2n) is 5.64. The van der Waals surface area contributed by atoms with Crippen LogP contribution in [0, 0.1) is 11.8 Å². The van der Waals surface area contributed by atoms with Crippen LogP contribution < -0.4 is 5.32 Å². The van der Waals surface area contributed by atoms with Crippen molar-refractivity contribution in [3.05, 3.63) is 0 Å². The summed E-state index contributed by atoms with van der Waals surface area (Å²) in [5.41, 5.74) is 0. The first-order chi connectivity index (χ1) is 7.22. The molecule has 0 bridgehead atoms. The van der Waals surface area contributed by atoms with Crippen LogP contribution in [-0.2, 0) is 0 Å². The third kappa shape index (κ3) is 5.55. The van der Waals surface area contributed by atoms with E-state index in [9.17, 15) is 0 Å². The Morgan fingerprint density at radius 1 is 1.13 bits per heavy atom. The summed E-state index contributed by atoms with van der Waals surface area (Å²) in [4.78, 5) is 0. The molecule has 0 aromatic heterocycles. The summed E-state index contributed by atoms with van der Waals surface area (Å²) >= 11 is 0. The maximum Gasteiger partial charge on any atom is 0.00672 e. The van der Waals surface area contributed by atoms with Gasteiger partial charge in [-0.1, -0.05) is 33.6 Å². The molecule has 1 fully saturated rings. The van der Waals surface area contributed by atoms with Gasteiger partial charge in [0.05, 0.1) is 0 Å². The second-order valence-corrected chi connectivity index (χ2v) is 5.64. The van der Waals surface area contributed by atoms with Crippen LogP contribution in [-0.4, -0.2) is 12.6 Å². The van der Waals surface area contributed by atoms with Gasteiger partial charge < -0.3 is 5.32 Å². The Morgan fingerprint density at radius 3 is 2.33 bits per heavy atom. The lowest BCUT2D eigenvalue weighted by atomic mass is 9.83. The third-order valence-electron chi connectivity index (χ3n) is 3.70. The van der Waals surface area contributed by atoms with E-state index in [-0.39, 0.29) is 0 Å². The van der Waals surface area contributed by atoms with Gasteiger partial charge in [-0.25, -0.2) is 0 Å². The SMILES string of the molecule is CCCC1CCC(NCCC(C)C)CC1. The summed E-state index contributed by atoms with van der Waals surface area (Å²) < 4.78 is 0. The molecule has 0 heterocycles. The van der Waals surface area contributed by atoms with Gasteiger partial charge in [0.15, 0.2) is 0 Å². The van der Waals surface area contributed by atoms with Crippen LogP contribution in [0.15, 0.2) is 0 Å². The molecule has 15 heavy (non-hydrogen) atoms. The summed E-state index contributed by atoms with van der Waals surface area (Å²) in [6.45, 7) is 8.15. The van der Waals surface area contributed by atoms with E-state index in [0.29, 0.717) is 0 Å². The molecule has 1 saturated carbocycles. The fourth-order valence-electron chi connectivity index (χ4n) is 2.64. The standard InChI is InChI=1S/C14H29N/c1-4-5-13-6-8-14(9-7-13)15-11-10-12(2)3/h12-15H,4-11H2,1-3H3. The topological polar surface area (TPSA) is 12.0 Å². The molecule has 0 aromatic carbocycles. The molecule has 0 amide bonds. The van der Waals surface area contributed by atoms with Crippen molar-refractivity contribution in [3.8, 4) is 0 Å². The molecule has 1 aliphatic carbocycles. The average molecular weight is 211 g/mol. The maximum atomic E-state index is 3.72. The molecule has 1 aliphatic rings. The Morgan fingerprint density at radius 2 is 1.80 bits per heavy atom. The highest BCUT2D eigenvalue weighted by atomic mass is 14.9. The minimum atomic E-state index is 0.830. The van der Waals surface area contributed by atoms with Crippen LogP contribution in [0.1, 0.15) is 65.7 Å². The zero-order valence-corrected chi connectivity index (χ0v) is 10.9. The molecule has 90 valence electrons. The van der Waals surface area contributed by atoms with Gasteiger partial charge in [0.2, 0.25) is 0 Å². The van der Waals surface area contributed by atoms with E-state index >= 15 is 0 Å². The minimum Gasteiger partial charge on any atom is -0.314 e. The largest absolute Gasteiger partial charge is 0.314 e. The first kappa shape index (κ1) is 13.0. The van der Waals surface area contributed by atoms with Gasteiger partial charge in [-0.3, -0.25) is 0 Å². The van der Waals surface area contributed by atoms with E-state index in [1.165, 1.54) is 51.5 Å². The quantitative estimate of drug-likeness (QED) is 0.700. The van der Waals surface area contributed by atoms with Crippen molar-refractivity contribution in [2.24, 2.45) is 11.8 Å². The van der Waals surface area contributed by atoms with Crippen molar-refractivity contribution in [2.45, 2.75) is 71.8 Å². The van der Waals surface area contributed by atoms with Crippen molar-refractivity contribution >= 4 is 0 Å². The molecule has 0 radical (unpaired) electrons. The molecular weight excluding hydrogens is 182 g/mol.